The molecule has 0 saturated heterocycles. The van der Waals surface area contributed by atoms with E-state index in [-0.39, 0.29) is 45.7 Å². The first-order chi connectivity index (χ1) is 27.6. The molecule has 0 saturated carbocycles. The summed E-state index contributed by atoms with van der Waals surface area (Å²) < 4.78 is 78.6. The van der Waals surface area contributed by atoms with Crippen LogP contribution in [0.25, 0.3) is 98.8 Å². The molecule has 0 atom stereocenters. The van der Waals surface area contributed by atoms with Gasteiger partial charge in [-0.05, 0) is 101 Å². The summed E-state index contributed by atoms with van der Waals surface area (Å²) in [5.41, 5.74) is 6.96. The van der Waals surface area contributed by atoms with Crippen molar-refractivity contribution in [1.29, 1.82) is 0 Å². The largest absolute Gasteiger partial charge is 0.456 e. The summed E-state index contributed by atoms with van der Waals surface area (Å²) in [5, 5.41) is 4.99. The lowest BCUT2D eigenvalue weighted by molar-refractivity contribution is 0.669. The van der Waals surface area contributed by atoms with Crippen molar-refractivity contribution in [3.8, 4) is 44.5 Å². The molecular formula is C48H30O. The SMILES string of the molecule is [2H]c1c([2H])c([2H])c2c(-c3cccc(-c4ccccc4)c3)c3c([2H])c([2H])c([2H])c([2H])c3c(-c3ccc(-c4ccc5oc6ccc7ccccc7c6c5c4)cc3)c2c1[2H]. The first-order valence-corrected chi connectivity index (χ1v) is 16.2. The molecule has 1 aromatic heterocycles. The molecule has 0 aliphatic rings. The number of hydrogen-bond donors (Lipinski definition) is 0. The van der Waals surface area contributed by atoms with Gasteiger partial charge in [-0.15, -0.1) is 0 Å². The van der Waals surface area contributed by atoms with Crippen LogP contribution in [0.2, 0.25) is 0 Å². The molecule has 0 aliphatic heterocycles. The second kappa shape index (κ2) is 11.1. The van der Waals surface area contributed by atoms with Crippen molar-refractivity contribution in [1.82, 2.24) is 0 Å². The Bertz CT molecular complexity index is 3240. The molecule has 1 heteroatoms. The van der Waals surface area contributed by atoms with Crippen molar-refractivity contribution < 1.29 is 15.4 Å². The van der Waals surface area contributed by atoms with Crippen LogP contribution < -0.4 is 0 Å². The minimum atomic E-state index is -0.428. The summed E-state index contributed by atoms with van der Waals surface area (Å²) in [6, 6.07) is 40.3. The van der Waals surface area contributed by atoms with Crippen molar-refractivity contribution in [3.63, 3.8) is 0 Å². The second-order valence-electron chi connectivity index (χ2n) is 12.2. The molecule has 0 amide bonds. The Morgan fingerprint density at radius 3 is 1.61 bits per heavy atom. The third kappa shape index (κ3) is 4.47. The fourth-order valence-electron chi connectivity index (χ4n) is 7.24. The zero-order chi connectivity index (χ0) is 39.3. The van der Waals surface area contributed by atoms with E-state index in [0.29, 0.717) is 22.3 Å². The van der Waals surface area contributed by atoms with Crippen LogP contribution in [0.5, 0.6) is 0 Å². The molecule has 0 bridgehead atoms. The molecule has 0 spiro atoms. The molecule has 9 aromatic carbocycles. The maximum atomic E-state index is 9.32. The molecule has 228 valence electrons. The van der Waals surface area contributed by atoms with Gasteiger partial charge in [0.2, 0.25) is 0 Å². The van der Waals surface area contributed by atoms with Gasteiger partial charge in [-0.25, -0.2) is 0 Å². The summed E-state index contributed by atoms with van der Waals surface area (Å²) in [6.45, 7) is 0. The van der Waals surface area contributed by atoms with Crippen molar-refractivity contribution >= 4 is 54.3 Å². The number of furan rings is 1. The smallest absolute Gasteiger partial charge is 0.136 e. The van der Waals surface area contributed by atoms with E-state index in [9.17, 15) is 5.48 Å². The molecule has 1 nitrogen and oxygen atoms in total. The molecular weight excluding hydrogens is 593 g/mol. The summed E-state index contributed by atoms with van der Waals surface area (Å²) in [5.74, 6) is 0. The standard InChI is InChI=1S/C48H30O/c1-2-11-31(12-3-1)35-14-10-15-37(29-35)47-41-19-8-6-17-39(41)46(40-18-7-9-20-42(40)47)34-23-21-32(22-24-34)36-26-27-44-43(30-36)48-38-16-5-4-13-33(38)25-28-45(48)49-44/h1-30H/i6D,7D,8D,9D,17D,18D,19D,20D. The number of hydrogen-bond acceptors (Lipinski definition) is 1. The molecule has 10 aromatic rings. The maximum absolute atomic E-state index is 9.32. The van der Waals surface area contributed by atoms with Gasteiger partial charge in [-0.1, -0.05) is 158 Å². The molecule has 0 aliphatic carbocycles. The Labute approximate surface area is 295 Å². The van der Waals surface area contributed by atoms with Gasteiger partial charge in [-0.3, -0.25) is 0 Å². The summed E-state index contributed by atoms with van der Waals surface area (Å²) in [4.78, 5) is 0. The van der Waals surface area contributed by atoms with E-state index in [0.717, 1.165) is 55.0 Å². The van der Waals surface area contributed by atoms with Gasteiger partial charge in [-0.2, -0.15) is 0 Å². The van der Waals surface area contributed by atoms with Gasteiger partial charge in [0.1, 0.15) is 11.2 Å². The molecule has 49 heavy (non-hydrogen) atoms. The fourth-order valence-corrected chi connectivity index (χ4v) is 7.24. The number of benzene rings is 9. The van der Waals surface area contributed by atoms with Gasteiger partial charge in [0.05, 0.1) is 11.0 Å². The Kier molecular flexibility index (Phi) is 4.69. The van der Waals surface area contributed by atoms with Crippen LogP contribution in [0.3, 0.4) is 0 Å². The normalized spacial score (nSPS) is 14.0. The van der Waals surface area contributed by atoms with Gasteiger partial charge >= 0.3 is 0 Å². The number of rotatable bonds is 4. The number of fused-ring (bicyclic) bond motifs is 7. The average Bonchev–Trinajstić information content (AvgIpc) is 3.64. The van der Waals surface area contributed by atoms with Crippen LogP contribution >= 0.6 is 0 Å². The van der Waals surface area contributed by atoms with Crippen LogP contribution in [0.15, 0.2) is 186 Å². The Hall–Kier alpha value is -6.44. The van der Waals surface area contributed by atoms with Crippen molar-refractivity contribution in [3.05, 3.63) is 182 Å². The highest BCUT2D eigenvalue weighted by atomic mass is 16.3. The Morgan fingerprint density at radius 1 is 0.347 bits per heavy atom. The van der Waals surface area contributed by atoms with E-state index in [4.69, 9.17) is 9.90 Å². The molecule has 0 radical (unpaired) electrons. The third-order valence-electron chi connectivity index (χ3n) is 9.50. The van der Waals surface area contributed by atoms with Crippen molar-refractivity contribution in [2.24, 2.45) is 0 Å². The van der Waals surface area contributed by atoms with Gasteiger partial charge < -0.3 is 4.42 Å². The molecule has 1 heterocycles. The fraction of sp³-hybridized carbons (Fsp3) is 0. The van der Waals surface area contributed by atoms with Crippen LogP contribution in [-0.4, -0.2) is 0 Å². The lowest BCUT2D eigenvalue weighted by atomic mass is 9.85. The Balaban J connectivity index is 1.25. The van der Waals surface area contributed by atoms with Gasteiger partial charge in [0.15, 0.2) is 0 Å². The highest BCUT2D eigenvalue weighted by molar-refractivity contribution is 6.22. The summed E-state index contributed by atoms with van der Waals surface area (Å²) >= 11 is 0. The predicted molar refractivity (Wildman–Crippen MR) is 208 cm³/mol. The van der Waals surface area contributed by atoms with Crippen LogP contribution in [0.1, 0.15) is 11.0 Å². The van der Waals surface area contributed by atoms with Gasteiger partial charge in [0.25, 0.3) is 0 Å². The first-order valence-electron chi connectivity index (χ1n) is 20.2. The van der Waals surface area contributed by atoms with E-state index in [1.54, 1.807) is 0 Å². The van der Waals surface area contributed by atoms with Gasteiger partial charge in [0, 0.05) is 10.8 Å². The van der Waals surface area contributed by atoms with Crippen molar-refractivity contribution in [2.75, 3.05) is 0 Å². The quantitative estimate of drug-likeness (QED) is 0.176. The topological polar surface area (TPSA) is 13.1 Å². The minimum absolute atomic E-state index is 0.185. The van der Waals surface area contributed by atoms with E-state index >= 15 is 0 Å². The molecule has 10 rings (SSSR count). The lowest BCUT2D eigenvalue weighted by Crippen LogP contribution is -1.91. The molecule has 0 unspecified atom stereocenters. The second-order valence-corrected chi connectivity index (χ2v) is 12.2. The lowest BCUT2D eigenvalue weighted by Gasteiger charge is -2.18. The minimum Gasteiger partial charge on any atom is -0.456 e. The monoisotopic (exact) mass is 630 g/mol. The Morgan fingerprint density at radius 2 is 0.878 bits per heavy atom. The van der Waals surface area contributed by atoms with E-state index < -0.39 is 24.2 Å². The predicted octanol–water partition coefficient (Wildman–Crippen LogP) is 13.7. The van der Waals surface area contributed by atoms with Crippen LogP contribution in [0, 0.1) is 0 Å². The summed E-state index contributed by atoms with van der Waals surface area (Å²) in [6.07, 6.45) is 0. The average molecular weight is 631 g/mol. The third-order valence-corrected chi connectivity index (χ3v) is 9.50. The highest BCUT2D eigenvalue weighted by Gasteiger charge is 2.17. The zero-order valence-electron chi connectivity index (χ0n) is 34.1. The van der Waals surface area contributed by atoms with Crippen LogP contribution in [-0.2, 0) is 0 Å². The highest BCUT2D eigenvalue weighted by Crippen LogP contribution is 2.45. The van der Waals surface area contributed by atoms with E-state index in [1.165, 1.54) is 0 Å². The van der Waals surface area contributed by atoms with E-state index in [1.807, 2.05) is 109 Å². The van der Waals surface area contributed by atoms with E-state index in [2.05, 4.69) is 24.3 Å². The van der Waals surface area contributed by atoms with Crippen molar-refractivity contribution in [2.45, 2.75) is 0 Å². The first kappa shape index (κ1) is 20.7. The van der Waals surface area contributed by atoms with Crippen LogP contribution in [0.4, 0.5) is 0 Å². The maximum Gasteiger partial charge on any atom is 0.136 e. The molecule has 0 N–H and O–H groups in total. The zero-order valence-corrected chi connectivity index (χ0v) is 26.1. The summed E-state index contributed by atoms with van der Waals surface area (Å²) in [7, 11) is 0. The molecule has 0 fully saturated rings.